The maximum absolute atomic E-state index is 14.0. The van der Waals surface area contributed by atoms with Gasteiger partial charge in [-0.25, -0.2) is 14.8 Å². The molecule has 4 aromatic carbocycles. The van der Waals surface area contributed by atoms with Crippen LogP contribution in [0.4, 0.5) is 11.4 Å². The topological polar surface area (TPSA) is 94.6 Å². The first-order chi connectivity index (χ1) is 21.0. The lowest BCUT2D eigenvalue weighted by Gasteiger charge is -2.29. The number of para-hydroxylation sites is 1. The molecule has 2 aliphatic heterocycles. The van der Waals surface area contributed by atoms with E-state index in [1.807, 2.05) is 43.3 Å². The minimum atomic E-state index is -1.03. The van der Waals surface area contributed by atoms with Crippen molar-refractivity contribution in [3.8, 4) is 17.2 Å². The average molecular weight is 579 g/mol. The fraction of sp³-hybridized carbons (Fsp3) is 0.206. The normalized spacial score (nSPS) is 19.3. The van der Waals surface area contributed by atoms with Gasteiger partial charge in [0.1, 0.15) is 11.7 Å². The summed E-state index contributed by atoms with van der Waals surface area (Å²) in [4.78, 5) is 47.8. The van der Waals surface area contributed by atoms with Gasteiger partial charge in [0.2, 0.25) is 5.91 Å². The Kier molecular flexibility index (Phi) is 7.81. The second-order valence-electron chi connectivity index (χ2n) is 10.2. The molecule has 2 heterocycles. The molecule has 4 aromatic rings. The van der Waals surface area contributed by atoms with Crippen LogP contribution in [0.1, 0.15) is 35.3 Å². The Bertz CT molecular complexity index is 1630. The van der Waals surface area contributed by atoms with E-state index in [-0.39, 0.29) is 11.7 Å². The maximum atomic E-state index is 14.0. The summed E-state index contributed by atoms with van der Waals surface area (Å²) in [5.41, 5.74) is 2.18. The van der Waals surface area contributed by atoms with Crippen LogP contribution in [0.2, 0.25) is 0 Å². The molecule has 0 aliphatic carbocycles. The number of anilines is 2. The Morgan fingerprint density at radius 3 is 2.19 bits per heavy atom. The second kappa shape index (κ2) is 12.0. The van der Waals surface area contributed by atoms with Crippen molar-refractivity contribution in [1.29, 1.82) is 0 Å². The van der Waals surface area contributed by atoms with Gasteiger partial charge in [0.05, 0.1) is 36.7 Å². The number of hydrogen-bond donors (Lipinski definition) is 0. The molecule has 6 rings (SSSR count). The fourth-order valence-corrected chi connectivity index (χ4v) is 5.40. The number of methoxy groups -OCH3 is 1. The molecule has 9 heteroatoms. The van der Waals surface area contributed by atoms with Crippen molar-refractivity contribution >= 4 is 29.2 Å². The largest absolute Gasteiger partial charge is 0.494 e. The van der Waals surface area contributed by atoms with Crippen molar-refractivity contribution in [3.63, 3.8) is 0 Å². The molecular weight excluding hydrogens is 548 g/mol. The molecule has 0 bridgehead atoms. The maximum Gasteiger partial charge on any atom is 0.343 e. The molecule has 0 aromatic heterocycles. The van der Waals surface area contributed by atoms with Crippen LogP contribution in [0.5, 0.6) is 17.2 Å². The van der Waals surface area contributed by atoms with E-state index in [0.717, 1.165) is 6.42 Å². The SMILES string of the molecule is CCCOc1ccc(N2C(=O)[C@@H]3[C@H](ON(c4ccccc4)[C@@H]3c3ccc(OC(=O)c4ccccc4)c(OC)c3)C2=O)cc1. The summed E-state index contributed by atoms with van der Waals surface area (Å²) in [7, 11) is 1.47. The summed E-state index contributed by atoms with van der Waals surface area (Å²) >= 11 is 0. The molecular formula is C34H30N2O7. The lowest BCUT2D eigenvalue weighted by Crippen LogP contribution is -2.37. The molecule has 3 atom stereocenters. The first-order valence-electron chi connectivity index (χ1n) is 14.1. The lowest BCUT2D eigenvalue weighted by atomic mass is 9.90. The van der Waals surface area contributed by atoms with Crippen LogP contribution in [0.3, 0.4) is 0 Å². The van der Waals surface area contributed by atoms with Gasteiger partial charge in [0, 0.05) is 0 Å². The van der Waals surface area contributed by atoms with E-state index in [2.05, 4.69) is 0 Å². The molecule has 2 fully saturated rings. The highest BCUT2D eigenvalue weighted by atomic mass is 16.7. The Labute approximate surface area is 249 Å². The van der Waals surface area contributed by atoms with Crippen LogP contribution in [0, 0.1) is 5.92 Å². The van der Waals surface area contributed by atoms with Crippen molar-refractivity contribution < 1.29 is 33.4 Å². The van der Waals surface area contributed by atoms with Crippen molar-refractivity contribution in [2.45, 2.75) is 25.5 Å². The predicted molar refractivity (Wildman–Crippen MR) is 159 cm³/mol. The molecule has 43 heavy (non-hydrogen) atoms. The number of benzene rings is 4. The summed E-state index contributed by atoms with van der Waals surface area (Å²) in [6.45, 7) is 2.59. The summed E-state index contributed by atoms with van der Waals surface area (Å²) in [5, 5.41) is 1.61. The van der Waals surface area contributed by atoms with E-state index in [0.29, 0.717) is 40.6 Å². The minimum absolute atomic E-state index is 0.225. The zero-order chi connectivity index (χ0) is 29.9. The summed E-state index contributed by atoms with van der Waals surface area (Å²) in [6.07, 6.45) is -0.165. The van der Waals surface area contributed by atoms with Gasteiger partial charge in [-0.2, -0.15) is 0 Å². The number of imide groups is 1. The number of carbonyl (C=O) groups is 3. The van der Waals surface area contributed by atoms with E-state index in [9.17, 15) is 14.4 Å². The van der Waals surface area contributed by atoms with Crippen LogP contribution in [0.15, 0.2) is 103 Å². The first kappa shape index (κ1) is 28.0. The van der Waals surface area contributed by atoms with Crippen molar-refractivity contribution in [3.05, 3.63) is 114 Å². The number of amides is 2. The van der Waals surface area contributed by atoms with Crippen LogP contribution in [-0.4, -0.2) is 37.6 Å². The first-order valence-corrected chi connectivity index (χ1v) is 14.1. The number of esters is 1. The van der Waals surface area contributed by atoms with Crippen LogP contribution in [0.25, 0.3) is 0 Å². The highest BCUT2D eigenvalue weighted by Gasteiger charge is 2.60. The number of ether oxygens (including phenoxy) is 3. The number of nitrogens with zero attached hydrogens (tertiary/aromatic N) is 2. The standard InChI is InChI=1S/C34H30N2O7/c1-3-20-41-26-17-15-24(16-18-26)35-32(37)29-30(36(43-31(29)33(35)38)25-12-8-5-9-13-25)23-14-19-27(28(21-23)40-2)42-34(39)22-10-6-4-7-11-22/h4-19,21,29-31H,3,20H2,1-2H3/t29-,30+,31-/m0/s1. The van der Waals surface area contributed by atoms with Crippen LogP contribution < -0.4 is 24.2 Å². The molecule has 9 nitrogen and oxygen atoms in total. The third-order valence-corrected chi connectivity index (χ3v) is 7.44. The van der Waals surface area contributed by atoms with E-state index in [4.69, 9.17) is 19.0 Å². The molecule has 2 aliphatic rings. The zero-order valence-electron chi connectivity index (χ0n) is 23.7. The summed E-state index contributed by atoms with van der Waals surface area (Å²) in [5.74, 6) is -1.00. The molecule has 2 amide bonds. The number of hydrogen-bond acceptors (Lipinski definition) is 8. The smallest absolute Gasteiger partial charge is 0.343 e. The number of carbonyl (C=O) groups excluding carboxylic acids is 3. The zero-order valence-corrected chi connectivity index (χ0v) is 23.7. The van der Waals surface area contributed by atoms with Gasteiger partial charge in [0.25, 0.3) is 5.91 Å². The number of fused-ring (bicyclic) bond motifs is 1. The van der Waals surface area contributed by atoms with Crippen LogP contribution in [-0.2, 0) is 14.4 Å². The Morgan fingerprint density at radius 2 is 1.51 bits per heavy atom. The van der Waals surface area contributed by atoms with Gasteiger partial charge in [-0.05, 0) is 72.6 Å². The van der Waals surface area contributed by atoms with E-state index >= 15 is 0 Å². The van der Waals surface area contributed by atoms with Gasteiger partial charge < -0.3 is 14.2 Å². The molecule has 0 N–H and O–H groups in total. The highest BCUT2D eigenvalue weighted by Crippen LogP contribution is 2.48. The molecule has 0 saturated carbocycles. The van der Waals surface area contributed by atoms with E-state index in [1.54, 1.807) is 71.8 Å². The Balaban J connectivity index is 1.34. The highest BCUT2D eigenvalue weighted by molar-refractivity contribution is 6.24. The molecule has 0 radical (unpaired) electrons. The molecule has 0 unspecified atom stereocenters. The number of rotatable bonds is 9. The molecule has 0 spiro atoms. The summed E-state index contributed by atoms with van der Waals surface area (Å²) in [6, 6.07) is 29.2. The van der Waals surface area contributed by atoms with Crippen molar-refractivity contribution in [1.82, 2.24) is 0 Å². The van der Waals surface area contributed by atoms with Gasteiger partial charge in [0.15, 0.2) is 17.6 Å². The molecule has 218 valence electrons. The van der Waals surface area contributed by atoms with E-state index in [1.165, 1.54) is 12.0 Å². The van der Waals surface area contributed by atoms with Gasteiger partial charge in [-0.3, -0.25) is 14.4 Å². The predicted octanol–water partition coefficient (Wildman–Crippen LogP) is 5.75. The summed E-state index contributed by atoms with van der Waals surface area (Å²) < 4.78 is 16.9. The fourth-order valence-electron chi connectivity index (χ4n) is 5.40. The van der Waals surface area contributed by atoms with Crippen molar-refractivity contribution in [2.24, 2.45) is 5.92 Å². The minimum Gasteiger partial charge on any atom is -0.494 e. The van der Waals surface area contributed by atoms with Crippen molar-refractivity contribution in [2.75, 3.05) is 23.7 Å². The number of hydroxylamine groups is 1. The lowest BCUT2D eigenvalue weighted by molar-refractivity contribution is -0.126. The average Bonchev–Trinajstić information content (AvgIpc) is 3.56. The second-order valence-corrected chi connectivity index (χ2v) is 10.2. The Hall–Kier alpha value is -5.15. The monoisotopic (exact) mass is 578 g/mol. The van der Waals surface area contributed by atoms with Gasteiger partial charge in [-0.15, -0.1) is 0 Å². The van der Waals surface area contributed by atoms with Gasteiger partial charge >= 0.3 is 5.97 Å². The Morgan fingerprint density at radius 1 is 0.814 bits per heavy atom. The van der Waals surface area contributed by atoms with Gasteiger partial charge in [-0.1, -0.05) is 49.4 Å². The van der Waals surface area contributed by atoms with Crippen LogP contribution >= 0.6 is 0 Å². The van der Waals surface area contributed by atoms with E-state index < -0.39 is 29.9 Å². The molecule has 2 saturated heterocycles. The third kappa shape index (κ3) is 5.30. The quantitative estimate of drug-likeness (QED) is 0.141. The third-order valence-electron chi connectivity index (χ3n) is 7.44.